The lowest BCUT2D eigenvalue weighted by atomic mass is 10.0. The molecule has 0 radical (unpaired) electrons. The van der Waals surface area contributed by atoms with E-state index in [0.29, 0.717) is 12.1 Å². The number of thioether (sulfide) groups is 1. The number of rotatable bonds is 5. The van der Waals surface area contributed by atoms with Crippen LogP contribution in [0.1, 0.15) is 15.9 Å². The molecule has 1 atom stereocenters. The van der Waals surface area contributed by atoms with Gasteiger partial charge < -0.3 is 14.5 Å². The van der Waals surface area contributed by atoms with E-state index in [4.69, 9.17) is 9.15 Å². The van der Waals surface area contributed by atoms with Crippen molar-refractivity contribution in [3.63, 3.8) is 0 Å². The molecule has 1 unspecified atom stereocenters. The predicted octanol–water partition coefficient (Wildman–Crippen LogP) is 4.40. The zero-order valence-corrected chi connectivity index (χ0v) is 15.2. The summed E-state index contributed by atoms with van der Waals surface area (Å²) in [6.45, 7) is 0.469. The van der Waals surface area contributed by atoms with Crippen molar-refractivity contribution in [3.8, 4) is 16.9 Å². The Bertz CT molecular complexity index is 904. The molecule has 132 valence electrons. The molecular formula is C21H19NO3S. The summed E-state index contributed by atoms with van der Waals surface area (Å²) in [5.41, 5.74) is 4.08. The number of benzene rings is 2. The van der Waals surface area contributed by atoms with Gasteiger partial charge >= 0.3 is 0 Å². The van der Waals surface area contributed by atoms with Gasteiger partial charge in [0.05, 0.1) is 18.4 Å². The molecule has 1 amide bonds. The number of hydrogen-bond donors (Lipinski definition) is 1. The fourth-order valence-electron chi connectivity index (χ4n) is 3.10. The second-order valence-electron chi connectivity index (χ2n) is 6.22. The van der Waals surface area contributed by atoms with Crippen LogP contribution in [0.25, 0.3) is 11.1 Å². The summed E-state index contributed by atoms with van der Waals surface area (Å²) in [6.07, 6.45) is 5.75. The summed E-state index contributed by atoms with van der Waals surface area (Å²) in [4.78, 5) is 13.3. The van der Waals surface area contributed by atoms with Crippen molar-refractivity contribution in [1.29, 1.82) is 0 Å². The number of ether oxygens (including phenoxy) is 1. The highest BCUT2D eigenvalue weighted by atomic mass is 32.2. The average molecular weight is 365 g/mol. The van der Waals surface area contributed by atoms with Crippen molar-refractivity contribution in [2.45, 2.75) is 17.4 Å². The van der Waals surface area contributed by atoms with Crippen molar-refractivity contribution in [2.75, 3.05) is 12.8 Å². The van der Waals surface area contributed by atoms with Crippen LogP contribution in [0.2, 0.25) is 0 Å². The minimum absolute atomic E-state index is 0.0463. The van der Waals surface area contributed by atoms with Gasteiger partial charge in [0.15, 0.2) is 0 Å². The Morgan fingerprint density at radius 2 is 1.96 bits per heavy atom. The van der Waals surface area contributed by atoms with E-state index in [0.717, 1.165) is 12.2 Å². The van der Waals surface area contributed by atoms with Crippen LogP contribution in [0.4, 0.5) is 0 Å². The van der Waals surface area contributed by atoms with Crippen molar-refractivity contribution < 1.29 is 13.9 Å². The minimum atomic E-state index is -0.145. The van der Waals surface area contributed by atoms with E-state index in [1.807, 2.05) is 6.07 Å². The van der Waals surface area contributed by atoms with Crippen LogP contribution in [0.5, 0.6) is 5.75 Å². The molecule has 3 aromatic rings. The molecule has 2 heterocycles. The average Bonchev–Trinajstić information content (AvgIpc) is 3.35. The van der Waals surface area contributed by atoms with Gasteiger partial charge in [-0.15, -0.1) is 11.8 Å². The monoisotopic (exact) mass is 365 g/mol. The Kier molecular flexibility index (Phi) is 4.71. The molecule has 1 aliphatic rings. The predicted molar refractivity (Wildman–Crippen MR) is 103 cm³/mol. The number of amides is 1. The van der Waals surface area contributed by atoms with Gasteiger partial charge in [-0.3, -0.25) is 4.79 Å². The highest BCUT2D eigenvalue weighted by Gasteiger charge is 2.24. The molecule has 0 fully saturated rings. The van der Waals surface area contributed by atoms with Crippen LogP contribution < -0.4 is 10.1 Å². The van der Waals surface area contributed by atoms with Crippen molar-refractivity contribution >= 4 is 17.7 Å². The van der Waals surface area contributed by atoms with Gasteiger partial charge in [0.1, 0.15) is 18.1 Å². The quantitative estimate of drug-likeness (QED) is 0.681. The Balaban J connectivity index is 1.41. The SMILES string of the molecule is CSc1ccc(-c2ccc3c(c2)CC(CNC(=O)c2ccoc2)O3)cc1. The first-order valence-electron chi connectivity index (χ1n) is 8.47. The maximum atomic E-state index is 12.0. The van der Waals surface area contributed by atoms with Crippen LogP contribution in [0.3, 0.4) is 0 Å². The summed E-state index contributed by atoms with van der Waals surface area (Å²) >= 11 is 1.74. The van der Waals surface area contributed by atoms with E-state index in [1.54, 1.807) is 17.8 Å². The topological polar surface area (TPSA) is 51.5 Å². The van der Waals surface area contributed by atoms with Crippen LogP contribution in [0, 0.1) is 0 Å². The maximum Gasteiger partial charge on any atom is 0.254 e. The minimum Gasteiger partial charge on any atom is -0.488 e. The lowest BCUT2D eigenvalue weighted by Crippen LogP contribution is -2.34. The van der Waals surface area contributed by atoms with E-state index < -0.39 is 0 Å². The summed E-state index contributed by atoms with van der Waals surface area (Å²) in [6, 6.07) is 16.5. The largest absolute Gasteiger partial charge is 0.488 e. The third kappa shape index (κ3) is 3.48. The number of carbonyl (C=O) groups is 1. The summed E-state index contributed by atoms with van der Waals surface area (Å²) < 4.78 is 10.9. The van der Waals surface area contributed by atoms with Crippen LogP contribution >= 0.6 is 11.8 Å². The van der Waals surface area contributed by atoms with Gasteiger partial charge in [-0.2, -0.15) is 0 Å². The van der Waals surface area contributed by atoms with E-state index in [-0.39, 0.29) is 12.0 Å². The molecule has 0 saturated carbocycles. The normalized spacial score (nSPS) is 15.3. The Morgan fingerprint density at radius 3 is 2.69 bits per heavy atom. The molecule has 0 spiro atoms. The van der Waals surface area contributed by atoms with Crippen LogP contribution in [0.15, 0.2) is 70.4 Å². The molecule has 1 aromatic heterocycles. The zero-order chi connectivity index (χ0) is 17.9. The molecule has 2 aromatic carbocycles. The first-order chi connectivity index (χ1) is 12.7. The molecule has 0 bridgehead atoms. The zero-order valence-electron chi connectivity index (χ0n) is 14.4. The van der Waals surface area contributed by atoms with E-state index in [9.17, 15) is 4.79 Å². The van der Waals surface area contributed by atoms with Crippen molar-refractivity contribution in [2.24, 2.45) is 0 Å². The molecule has 5 heteroatoms. The summed E-state index contributed by atoms with van der Waals surface area (Å²) in [5, 5.41) is 2.89. The van der Waals surface area contributed by atoms with Gasteiger partial charge in [0.25, 0.3) is 5.91 Å². The first kappa shape index (κ1) is 16.8. The fraction of sp³-hybridized carbons (Fsp3) is 0.190. The Labute approximate surface area is 156 Å². The van der Waals surface area contributed by atoms with Gasteiger partial charge in [0, 0.05) is 11.3 Å². The van der Waals surface area contributed by atoms with E-state index in [2.05, 4.69) is 48.0 Å². The van der Waals surface area contributed by atoms with Gasteiger partial charge in [-0.05, 0) is 53.3 Å². The van der Waals surface area contributed by atoms with E-state index in [1.165, 1.54) is 34.1 Å². The van der Waals surface area contributed by atoms with Gasteiger partial charge in [-0.25, -0.2) is 0 Å². The molecule has 26 heavy (non-hydrogen) atoms. The molecule has 1 N–H and O–H groups in total. The smallest absolute Gasteiger partial charge is 0.254 e. The Morgan fingerprint density at radius 1 is 1.15 bits per heavy atom. The molecule has 4 rings (SSSR count). The molecular weight excluding hydrogens is 346 g/mol. The van der Waals surface area contributed by atoms with E-state index >= 15 is 0 Å². The van der Waals surface area contributed by atoms with Gasteiger partial charge in [0.2, 0.25) is 0 Å². The first-order valence-corrected chi connectivity index (χ1v) is 9.70. The second kappa shape index (κ2) is 7.30. The fourth-order valence-corrected chi connectivity index (χ4v) is 3.51. The molecule has 0 aliphatic carbocycles. The van der Waals surface area contributed by atoms with Crippen molar-refractivity contribution in [1.82, 2.24) is 5.32 Å². The third-order valence-electron chi connectivity index (χ3n) is 4.50. The van der Waals surface area contributed by atoms with Crippen LogP contribution in [-0.4, -0.2) is 24.8 Å². The second-order valence-corrected chi connectivity index (χ2v) is 7.10. The summed E-state index contributed by atoms with van der Waals surface area (Å²) in [5.74, 6) is 0.755. The highest BCUT2D eigenvalue weighted by Crippen LogP contribution is 2.33. The lowest BCUT2D eigenvalue weighted by Gasteiger charge is -2.11. The number of furan rings is 1. The number of nitrogens with one attached hydrogen (secondary N) is 1. The highest BCUT2D eigenvalue weighted by molar-refractivity contribution is 7.98. The maximum absolute atomic E-state index is 12.0. The number of carbonyl (C=O) groups excluding carboxylic acids is 1. The molecule has 0 saturated heterocycles. The van der Waals surface area contributed by atoms with Crippen LogP contribution in [-0.2, 0) is 6.42 Å². The van der Waals surface area contributed by atoms with Crippen molar-refractivity contribution in [3.05, 3.63) is 72.2 Å². The number of hydrogen-bond acceptors (Lipinski definition) is 4. The lowest BCUT2D eigenvalue weighted by molar-refractivity contribution is 0.0933. The molecule has 4 nitrogen and oxygen atoms in total. The third-order valence-corrected chi connectivity index (χ3v) is 5.24. The summed E-state index contributed by atoms with van der Waals surface area (Å²) in [7, 11) is 0. The Hall–Kier alpha value is -2.66. The molecule has 1 aliphatic heterocycles. The standard InChI is InChI=1S/C21H19NO3S/c1-26-19-5-2-14(3-6-19)15-4-7-20-17(10-15)11-18(25-20)12-22-21(23)16-8-9-24-13-16/h2-10,13,18H,11-12H2,1H3,(H,22,23). The number of fused-ring (bicyclic) bond motifs is 1. The van der Waals surface area contributed by atoms with Gasteiger partial charge in [-0.1, -0.05) is 18.2 Å².